The van der Waals surface area contributed by atoms with Crippen LogP contribution in [-0.2, 0) is 6.42 Å². The van der Waals surface area contributed by atoms with Crippen molar-refractivity contribution >= 4 is 17.2 Å². The molecule has 1 amide bonds. The van der Waals surface area contributed by atoms with Crippen LogP contribution in [0.2, 0.25) is 0 Å². The lowest BCUT2D eigenvalue weighted by atomic mass is 9.97. The summed E-state index contributed by atoms with van der Waals surface area (Å²) < 4.78 is 10.9. The Morgan fingerprint density at radius 3 is 2.83 bits per heavy atom. The minimum absolute atomic E-state index is 0.0556. The second-order valence-electron chi connectivity index (χ2n) is 5.77. The van der Waals surface area contributed by atoms with Gasteiger partial charge >= 0.3 is 0 Å². The Balaban J connectivity index is 1.89. The lowest BCUT2D eigenvalue weighted by molar-refractivity contribution is 0.0657. The molecule has 0 saturated heterocycles. The molecule has 3 rings (SSSR count). The second-order valence-corrected chi connectivity index (χ2v) is 6.77. The third-order valence-electron chi connectivity index (χ3n) is 4.45. The van der Waals surface area contributed by atoms with Crippen molar-refractivity contribution < 1.29 is 14.3 Å². The molecule has 2 heterocycles. The van der Waals surface area contributed by atoms with Gasteiger partial charge in [-0.3, -0.25) is 4.79 Å². The van der Waals surface area contributed by atoms with Crippen LogP contribution in [0.25, 0.3) is 0 Å². The first-order chi connectivity index (χ1) is 11.7. The van der Waals surface area contributed by atoms with Crippen molar-refractivity contribution in [3.8, 4) is 11.5 Å². The maximum atomic E-state index is 13.1. The molecular weight excluding hydrogens is 322 g/mol. The Kier molecular flexibility index (Phi) is 5.09. The van der Waals surface area contributed by atoms with Crippen LogP contribution in [0.5, 0.6) is 11.5 Å². The van der Waals surface area contributed by atoms with E-state index in [-0.39, 0.29) is 11.9 Å². The van der Waals surface area contributed by atoms with Crippen LogP contribution < -0.4 is 9.47 Å². The molecule has 128 valence electrons. The first kappa shape index (κ1) is 16.8. The average Bonchev–Trinajstić information content (AvgIpc) is 3.09. The number of amides is 1. The summed E-state index contributed by atoms with van der Waals surface area (Å²) >= 11 is 1.79. The molecule has 0 N–H and O–H groups in total. The molecule has 1 aliphatic rings. The number of benzene rings is 1. The lowest BCUT2D eigenvalue weighted by Crippen LogP contribution is -2.39. The van der Waals surface area contributed by atoms with Gasteiger partial charge in [-0.2, -0.15) is 0 Å². The van der Waals surface area contributed by atoms with Crippen molar-refractivity contribution in [3.05, 3.63) is 45.6 Å². The Labute approximate surface area is 147 Å². The van der Waals surface area contributed by atoms with Gasteiger partial charge in [-0.05, 0) is 55.0 Å². The Bertz CT molecular complexity index is 725. The minimum atomic E-state index is 0.0556. The number of ether oxygens (including phenoxy) is 2. The molecule has 24 heavy (non-hydrogen) atoms. The summed E-state index contributed by atoms with van der Waals surface area (Å²) in [4.78, 5) is 16.5. The molecule has 0 saturated carbocycles. The first-order valence-corrected chi connectivity index (χ1v) is 9.25. The van der Waals surface area contributed by atoms with E-state index < -0.39 is 0 Å². The van der Waals surface area contributed by atoms with Crippen molar-refractivity contribution in [2.75, 3.05) is 20.3 Å². The van der Waals surface area contributed by atoms with E-state index in [1.807, 2.05) is 24.0 Å². The predicted molar refractivity (Wildman–Crippen MR) is 96.3 cm³/mol. The maximum absolute atomic E-state index is 13.1. The van der Waals surface area contributed by atoms with Crippen molar-refractivity contribution in [1.29, 1.82) is 0 Å². The van der Waals surface area contributed by atoms with Gasteiger partial charge in [-0.25, -0.2) is 0 Å². The van der Waals surface area contributed by atoms with Gasteiger partial charge in [-0.1, -0.05) is 6.92 Å². The quantitative estimate of drug-likeness (QED) is 0.811. The number of methoxy groups -OCH3 is 1. The van der Waals surface area contributed by atoms with Gasteiger partial charge in [0.05, 0.1) is 19.8 Å². The van der Waals surface area contributed by atoms with Gasteiger partial charge in [-0.15, -0.1) is 11.3 Å². The zero-order valence-electron chi connectivity index (χ0n) is 14.4. The summed E-state index contributed by atoms with van der Waals surface area (Å²) in [6, 6.07) is 7.74. The molecule has 4 nitrogen and oxygen atoms in total. The highest BCUT2D eigenvalue weighted by atomic mass is 32.1. The number of hydrogen-bond acceptors (Lipinski definition) is 4. The molecule has 1 unspecified atom stereocenters. The molecule has 0 fully saturated rings. The molecular formula is C19H23NO3S. The molecule has 1 aliphatic heterocycles. The van der Waals surface area contributed by atoms with E-state index >= 15 is 0 Å². The number of nitrogens with zero attached hydrogens (tertiary/aromatic N) is 1. The van der Waals surface area contributed by atoms with Crippen molar-refractivity contribution in [2.45, 2.75) is 32.7 Å². The fourth-order valence-electron chi connectivity index (χ4n) is 3.32. The first-order valence-electron chi connectivity index (χ1n) is 8.37. The van der Waals surface area contributed by atoms with E-state index in [4.69, 9.17) is 9.47 Å². The Hall–Kier alpha value is -2.01. The van der Waals surface area contributed by atoms with E-state index in [1.165, 1.54) is 10.4 Å². The summed E-state index contributed by atoms with van der Waals surface area (Å²) in [6.45, 7) is 5.39. The van der Waals surface area contributed by atoms with Gasteiger partial charge in [0.2, 0.25) is 0 Å². The molecule has 0 spiro atoms. The van der Waals surface area contributed by atoms with E-state index in [0.717, 1.165) is 19.4 Å². The van der Waals surface area contributed by atoms with Gasteiger partial charge in [0.15, 0.2) is 11.5 Å². The number of rotatable bonds is 5. The van der Waals surface area contributed by atoms with E-state index in [1.54, 1.807) is 24.5 Å². The van der Waals surface area contributed by atoms with Crippen LogP contribution in [0.15, 0.2) is 29.6 Å². The highest BCUT2D eigenvalue weighted by Crippen LogP contribution is 2.37. The van der Waals surface area contributed by atoms with Crippen LogP contribution in [0.4, 0.5) is 0 Å². The second kappa shape index (κ2) is 7.26. The predicted octanol–water partition coefficient (Wildman–Crippen LogP) is 4.31. The van der Waals surface area contributed by atoms with E-state index in [0.29, 0.717) is 23.7 Å². The van der Waals surface area contributed by atoms with E-state index in [2.05, 4.69) is 18.4 Å². The Morgan fingerprint density at radius 1 is 1.29 bits per heavy atom. The average molecular weight is 345 g/mol. The topological polar surface area (TPSA) is 38.8 Å². The molecule has 0 bridgehead atoms. The fraction of sp³-hybridized carbons (Fsp3) is 0.421. The van der Waals surface area contributed by atoms with Crippen LogP contribution in [0.3, 0.4) is 0 Å². The molecule has 5 heteroatoms. The molecule has 1 aromatic carbocycles. The zero-order valence-corrected chi connectivity index (χ0v) is 15.2. The summed E-state index contributed by atoms with van der Waals surface area (Å²) in [5, 5.41) is 2.13. The smallest absolute Gasteiger partial charge is 0.254 e. The number of carbonyl (C=O) groups excluding carboxylic acids is 1. The number of carbonyl (C=O) groups is 1. The summed E-state index contributed by atoms with van der Waals surface area (Å²) in [5.74, 6) is 1.33. The number of hydrogen-bond donors (Lipinski definition) is 0. The molecule has 1 atom stereocenters. The zero-order chi connectivity index (χ0) is 17.1. The third kappa shape index (κ3) is 3.00. The van der Waals surface area contributed by atoms with Gasteiger partial charge in [0, 0.05) is 17.0 Å². The molecule has 2 aromatic rings. The van der Waals surface area contributed by atoms with Gasteiger partial charge in [0.1, 0.15) is 0 Å². The van der Waals surface area contributed by atoms with Crippen molar-refractivity contribution in [1.82, 2.24) is 4.90 Å². The van der Waals surface area contributed by atoms with Crippen molar-refractivity contribution in [2.24, 2.45) is 0 Å². The van der Waals surface area contributed by atoms with Crippen LogP contribution in [0.1, 0.15) is 47.1 Å². The highest BCUT2D eigenvalue weighted by molar-refractivity contribution is 7.10. The largest absolute Gasteiger partial charge is 0.493 e. The summed E-state index contributed by atoms with van der Waals surface area (Å²) in [6.07, 6.45) is 1.85. The molecule has 1 aromatic heterocycles. The molecule has 0 aliphatic carbocycles. The van der Waals surface area contributed by atoms with Crippen LogP contribution in [-0.4, -0.2) is 31.1 Å². The van der Waals surface area contributed by atoms with E-state index in [9.17, 15) is 4.79 Å². The summed E-state index contributed by atoms with van der Waals surface area (Å²) in [5.41, 5.74) is 1.95. The number of fused-ring (bicyclic) bond motifs is 1. The Morgan fingerprint density at radius 2 is 2.12 bits per heavy atom. The van der Waals surface area contributed by atoms with Gasteiger partial charge < -0.3 is 14.4 Å². The highest BCUT2D eigenvalue weighted by Gasteiger charge is 2.31. The standard InChI is InChI=1S/C19H23NO3S/c1-4-15-14-9-11-24-18(14)8-10-20(15)19(21)13-6-7-16(23-5-2)17(12-13)22-3/h6-7,9,11-12,15H,4-5,8,10H2,1-3H3. The monoisotopic (exact) mass is 345 g/mol. The van der Waals surface area contributed by atoms with Crippen molar-refractivity contribution in [3.63, 3.8) is 0 Å². The fourth-order valence-corrected chi connectivity index (χ4v) is 4.25. The van der Waals surface area contributed by atoms with Crippen LogP contribution in [0, 0.1) is 0 Å². The number of thiophene rings is 1. The maximum Gasteiger partial charge on any atom is 0.254 e. The third-order valence-corrected chi connectivity index (χ3v) is 5.45. The SMILES string of the molecule is CCOc1ccc(C(=O)N2CCc3sccc3C2CC)cc1OC. The minimum Gasteiger partial charge on any atom is -0.493 e. The lowest BCUT2D eigenvalue weighted by Gasteiger charge is -2.35. The summed E-state index contributed by atoms with van der Waals surface area (Å²) in [7, 11) is 1.60. The molecule has 0 radical (unpaired) electrons. The van der Waals surface area contributed by atoms with Gasteiger partial charge in [0.25, 0.3) is 5.91 Å². The normalized spacial score (nSPS) is 16.6. The van der Waals surface area contributed by atoms with Crippen LogP contribution >= 0.6 is 11.3 Å².